The largest absolute Gasteiger partial charge is 0.418 e. The maximum atomic E-state index is 5.94. The molecule has 0 saturated carbocycles. The minimum atomic E-state index is 0.0725. The number of aromatic nitrogens is 4. The zero-order chi connectivity index (χ0) is 21.2. The average Bonchev–Trinajstić information content (AvgIpc) is 3.55. The maximum Gasteiger partial charge on any atom is 0.257 e. The van der Waals surface area contributed by atoms with Gasteiger partial charge in [-0.25, -0.2) is 0 Å². The predicted molar refractivity (Wildman–Crippen MR) is 118 cm³/mol. The Morgan fingerprint density at radius 3 is 2.65 bits per heavy atom. The number of hydrogen-bond acceptors (Lipinski definition) is 9. The molecule has 1 atom stereocenters. The summed E-state index contributed by atoms with van der Waals surface area (Å²) in [5.41, 5.74) is 0.888. The van der Waals surface area contributed by atoms with Crippen LogP contribution in [-0.4, -0.2) is 56.3 Å². The van der Waals surface area contributed by atoms with Crippen LogP contribution in [0.3, 0.4) is 0 Å². The van der Waals surface area contributed by atoms with Crippen molar-refractivity contribution in [3.8, 4) is 22.2 Å². The molecule has 10 heteroatoms. The van der Waals surface area contributed by atoms with Gasteiger partial charge >= 0.3 is 0 Å². The first-order valence-electron chi connectivity index (χ1n) is 10.1. The molecule has 8 nitrogen and oxygen atoms in total. The Balaban J connectivity index is 1.16. The first-order valence-corrected chi connectivity index (χ1v) is 11.3. The smallest absolute Gasteiger partial charge is 0.257 e. The molecular formula is C21H21ClN6O2S. The molecule has 1 aliphatic heterocycles. The fraction of sp³-hybridized carbons (Fsp3) is 0.333. The third kappa shape index (κ3) is 4.54. The SMILES string of the molecule is CC(c1nnc(-c2cccs2)o1)N1CCN(Cc2nc(-c3ccc(Cl)cc3)no2)CC1. The molecule has 4 heterocycles. The molecule has 4 aromatic rings. The van der Waals surface area contributed by atoms with Crippen molar-refractivity contribution in [1.82, 2.24) is 30.1 Å². The summed E-state index contributed by atoms with van der Waals surface area (Å²) in [5.74, 6) is 2.44. The highest BCUT2D eigenvalue weighted by Crippen LogP contribution is 2.27. The average molecular weight is 457 g/mol. The van der Waals surface area contributed by atoms with Crippen LogP contribution in [0.4, 0.5) is 0 Å². The molecule has 0 bridgehead atoms. The van der Waals surface area contributed by atoms with Gasteiger partial charge in [0.1, 0.15) is 0 Å². The number of nitrogens with zero attached hydrogens (tertiary/aromatic N) is 6. The molecule has 31 heavy (non-hydrogen) atoms. The van der Waals surface area contributed by atoms with Crippen molar-refractivity contribution >= 4 is 22.9 Å². The summed E-state index contributed by atoms with van der Waals surface area (Å²) in [6, 6.07) is 11.5. The lowest BCUT2D eigenvalue weighted by atomic mass is 10.2. The highest BCUT2D eigenvalue weighted by Gasteiger charge is 2.26. The van der Waals surface area contributed by atoms with Crippen LogP contribution < -0.4 is 0 Å². The van der Waals surface area contributed by atoms with E-state index >= 15 is 0 Å². The lowest BCUT2D eigenvalue weighted by molar-refractivity contribution is 0.0812. The first kappa shape index (κ1) is 20.3. The molecule has 160 valence electrons. The lowest BCUT2D eigenvalue weighted by Crippen LogP contribution is -2.46. The third-order valence-electron chi connectivity index (χ3n) is 5.41. The Labute approximate surface area is 188 Å². The van der Waals surface area contributed by atoms with E-state index in [-0.39, 0.29) is 6.04 Å². The number of benzene rings is 1. The van der Waals surface area contributed by atoms with Crippen molar-refractivity contribution in [2.75, 3.05) is 26.2 Å². The van der Waals surface area contributed by atoms with Crippen LogP contribution >= 0.6 is 22.9 Å². The predicted octanol–water partition coefficient (Wildman–Crippen LogP) is 4.38. The summed E-state index contributed by atoms with van der Waals surface area (Å²) < 4.78 is 11.4. The molecule has 0 radical (unpaired) electrons. The highest BCUT2D eigenvalue weighted by molar-refractivity contribution is 7.13. The second-order valence-electron chi connectivity index (χ2n) is 7.43. The van der Waals surface area contributed by atoms with E-state index < -0.39 is 0 Å². The summed E-state index contributed by atoms with van der Waals surface area (Å²) in [6.07, 6.45) is 0. The van der Waals surface area contributed by atoms with E-state index in [9.17, 15) is 0 Å². The van der Waals surface area contributed by atoms with Crippen molar-refractivity contribution in [2.24, 2.45) is 0 Å². The van der Waals surface area contributed by atoms with Crippen LogP contribution in [0.1, 0.15) is 24.7 Å². The van der Waals surface area contributed by atoms with E-state index in [1.807, 2.05) is 41.8 Å². The Morgan fingerprint density at radius 1 is 1.10 bits per heavy atom. The van der Waals surface area contributed by atoms with E-state index in [0.29, 0.717) is 35.1 Å². The summed E-state index contributed by atoms with van der Waals surface area (Å²) in [7, 11) is 0. The normalized spacial score (nSPS) is 16.6. The number of halogens is 1. The van der Waals surface area contributed by atoms with Gasteiger partial charge < -0.3 is 8.94 Å². The van der Waals surface area contributed by atoms with Gasteiger partial charge in [-0.05, 0) is 42.6 Å². The molecule has 5 rings (SSSR count). The van der Waals surface area contributed by atoms with Gasteiger partial charge in [0.2, 0.25) is 17.6 Å². The van der Waals surface area contributed by atoms with Crippen LogP contribution in [0.25, 0.3) is 22.2 Å². The van der Waals surface area contributed by atoms with Gasteiger partial charge in [0, 0.05) is 36.8 Å². The van der Waals surface area contributed by atoms with Crippen molar-refractivity contribution in [1.29, 1.82) is 0 Å². The van der Waals surface area contributed by atoms with E-state index in [2.05, 4.69) is 37.1 Å². The Bertz CT molecular complexity index is 1120. The van der Waals surface area contributed by atoms with E-state index in [4.69, 9.17) is 20.5 Å². The number of rotatable bonds is 6. The van der Waals surface area contributed by atoms with Crippen LogP contribution in [0.5, 0.6) is 0 Å². The second kappa shape index (κ2) is 8.88. The summed E-state index contributed by atoms with van der Waals surface area (Å²) in [6.45, 7) is 6.33. The van der Waals surface area contributed by atoms with E-state index in [0.717, 1.165) is 36.6 Å². The molecule has 0 spiro atoms. The van der Waals surface area contributed by atoms with Gasteiger partial charge in [-0.2, -0.15) is 4.98 Å². The quantitative estimate of drug-likeness (QED) is 0.422. The van der Waals surface area contributed by atoms with Crippen LogP contribution in [-0.2, 0) is 6.54 Å². The van der Waals surface area contributed by atoms with Crippen LogP contribution in [0.15, 0.2) is 50.7 Å². The number of hydrogen-bond donors (Lipinski definition) is 0. The minimum Gasteiger partial charge on any atom is -0.418 e. The molecule has 1 aromatic carbocycles. The van der Waals surface area contributed by atoms with Gasteiger partial charge in [0.15, 0.2) is 0 Å². The molecule has 0 aliphatic carbocycles. The van der Waals surface area contributed by atoms with Gasteiger partial charge in [0.25, 0.3) is 5.89 Å². The van der Waals surface area contributed by atoms with Gasteiger partial charge in [-0.3, -0.25) is 9.80 Å². The molecule has 0 amide bonds. The number of thiophene rings is 1. The molecule has 1 fully saturated rings. The fourth-order valence-electron chi connectivity index (χ4n) is 3.59. The summed E-state index contributed by atoms with van der Waals surface area (Å²) in [5, 5.41) is 15.2. The topological polar surface area (TPSA) is 84.3 Å². The summed E-state index contributed by atoms with van der Waals surface area (Å²) >= 11 is 7.54. The summed E-state index contributed by atoms with van der Waals surface area (Å²) in [4.78, 5) is 10.2. The fourth-order valence-corrected chi connectivity index (χ4v) is 4.36. The molecule has 3 aromatic heterocycles. The van der Waals surface area contributed by atoms with Gasteiger partial charge in [-0.15, -0.1) is 21.5 Å². The molecule has 1 aliphatic rings. The second-order valence-corrected chi connectivity index (χ2v) is 8.81. The zero-order valence-corrected chi connectivity index (χ0v) is 18.5. The molecule has 0 N–H and O–H groups in total. The third-order valence-corrected chi connectivity index (χ3v) is 6.52. The monoisotopic (exact) mass is 456 g/mol. The van der Waals surface area contributed by atoms with Gasteiger partial charge in [-0.1, -0.05) is 22.8 Å². The Hall–Kier alpha value is -2.59. The highest BCUT2D eigenvalue weighted by atomic mass is 35.5. The maximum absolute atomic E-state index is 5.94. The van der Waals surface area contributed by atoms with Crippen molar-refractivity contribution in [2.45, 2.75) is 19.5 Å². The minimum absolute atomic E-state index is 0.0725. The molecule has 1 saturated heterocycles. The van der Waals surface area contributed by atoms with Crippen LogP contribution in [0.2, 0.25) is 5.02 Å². The number of piperazine rings is 1. The van der Waals surface area contributed by atoms with Crippen molar-refractivity contribution in [3.05, 3.63) is 58.6 Å². The molecular weight excluding hydrogens is 436 g/mol. The van der Waals surface area contributed by atoms with E-state index in [1.165, 1.54) is 0 Å². The lowest BCUT2D eigenvalue weighted by Gasteiger charge is -2.36. The van der Waals surface area contributed by atoms with Crippen molar-refractivity contribution in [3.63, 3.8) is 0 Å². The Kier molecular flexibility index (Phi) is 5.82. The molecule has 1 unspecified atom stereocenters. The standard InChI is InChI=1S/C21H21ClN6O2S/c1-14(20-24-25-21(29-20)17-3-2-12-31-17)28-10-8-27(9-11-28)13-18-23-19(26-30-18)15-4-6-16(22)7-5-15/h2-7,12,14H,8-11,13H2,1H3. The van der Waals surface area contributed by atoms with E-state index in [1.54, 1.807) is 11.3 Å². The van der Waals surface area contributed by atoms with Crippen LogP contribution in [0, 0.1) is 0 Å². The first-order chi connectivity index (χ1) is 15.2. The Morgan fingerprint density at radius 2 is 1.90 bits per heavy atom. The van der Waals surface area contributed by atoms with Gasteiger partial charge in [0.05, 0.1) is 17.5 Å². The zero-order valence-electron chi connectivity index (χ0n) is 16.9. The van der Waals surface area contributed by atoms with Crippen molar-refractivity contribution < 1.29 is 8.94 Å².